The number of carboxylic acids is 1. The fourth-order valence-corrected chi connectivity index (χ4v) is 2.18. The van der Waals surface area contributed by atoms with E-state index in [-0.39, 0.29) is 5.75 Å². The molecule has 18 heavy (non-hydrogen) atoms. The molecule has 0 spiro atoms. The maximum absolute atomic E-state index is 10.5. The van der Waals surface area contributed by atoms with Crippen LogP contribution >= 0.6 is 11.8 Å². The van der Waals surface area contributed by atoms with E-state index >= 15 is 0 Å². The van der Waals surface area contributed by atoms with E-state index in [2.05, 4.69) is 10.1 Å². The van der Waals surface area contributed by atoms with Crippen LogP contribution in [0.15, 0.2) is 21.9 Å². The molecule has 2 rings (SSSR count). The summed E-state index contributed by atoms with van der Waals surface area (Å²) in [5.74, 6) is 0.492. The number of rotatable bonds is 5. The van der Waals surface area contributed by atoms with E-state index < -0.39 is 5.97 Å². The molecule has 0 radical (unpaired) electrons. The van der Waals surface area contributed by atoms with Crippen LogP contribution in [0.2, 0.25) is 0 Å². The van der Waals surface area contributed by atoms with Gasteiger partial charge < -0.3 is 9.52 Å². The Kier molecular flexibility index (Phi) is 3.71. The Morgan fingerprint density at radius 1 is 1.61 bits per heavy atom. The fourth-order valence-electron chi connectivity index (χ4n) is 1.55. The van der Waals surface area contributed by atoms with Crippen molar-refractivity contribution in [2.75, 3.05) is 5.75 Å². The minimum atomic E-state index is -0.873. The number of aromatic nitrogens is 3. The normalized spacial score (nSPS) is 10.8. The molecule has 0 aliphatic carbocycles. The summed E-state index contributed by atoms with van der Waals surface area (Å²) in [6, 6.07) is 1.82. The van der Waals surface area contributed by atoms with Gasteiger partial charge in [-0.3, -0.25) is 4.79 Å². The third-order valence-corrected chi connectivity index (χ3v) is 3.36. The van der Waals surface area contributed by atoms with Crippen LogP contribution in [-0.2, 0) is 18.3 Å². The van der Waals surface area contributed by atoms with E-state index in [1.54, 1.807) is 18.0 Å². The first-order chi connectivity index (χ1) is 8.61. The summed E-state index contributed by atoms with van der Waals surface area (Å²) in [5, 5.41) is 13.5. The van der Waals surface area contributed by atoms with Crippen molar-refractivity contribution in [3.63, 3.8) is 0 Å². The Balaban J connectivity index is 2.25. The van der Waals surface area contributed by atoms with Crippen molar-refractivity contribution in [1.82, 2.24) is 14.8 Å². The zero-order valence-electron chi connectivity index (χ0n) is 10.1. The predicted molar refractivity (Wildman–Crippen MR) is 66.4 cm³/mol. The van der Waals surface area contributed by atoms with Crippen LogP contribution in [0.25, 0.3) is 11.4 Å². The maximum atomic E-state index is 10.5. The van der Waals surface area contributed by atoms with E-state index in [0.29, 0.717) is 11.0 Å². The van der Waals surface area contributed by atoms with Crippen molar-refractivity contribution in [3.05, 3.63) is 18.1 Å². The molecule has 2 heterocycles. The molecule has 0 saturated carbocycles. The fraction of sp³-hybridized carbons (Fsp3) is 0.364. The number of carboxylic acid groups (broad SMARTS) is 1. The second-order valence-electron chi connectivity index (χ2n) is 3.64. The number of aryl methyl sites for hydroxylation is 2. The molecule has 0 amide bonds. The zero-order chi connectivity index (χ0) is 13.1. The van der Waals surface area contributed by atoms with Crippen LogP contribution in [-0.4, -0.2) is 31.6 Å². The Morgan fingerprint density at radius 3 is 3.06 bits per heavy atom. The van der Waals surface area contributed by atoms with Crippen molar-refractivity contribution < 1.29 is 14.3 Å². The van der Waals surface area contributed by atoms with Gasteiger partial charge in [0.25, 0.3) is 0 Å². The van der Waals surface area contributed by atoms with Crippen LogP contribution in [0.5, 0.6) is 0 Å². The van der Waals surface area contributed by atoms with Gasteiger partial charge in [0.05, 0.1) is 17.6 Å². The molecule has 0 atom stereocenters. The molecule has 2 aromatic rings. The molecule has 6 nitrogen and oxygen atoms in total. The van der Waals surface area contributed by atoms with Crippen molar-refractivity contribution >= 4 is 17.7 Å². The maximum Gasteiger partial charge on any atom is 0.313 e. The molecule has 0 unspecified atom stereocenters. The van der Waals surface area contributed by atoms with Gasteiger partial charge in [-0.2, -0.15) is 5.10 Å². The SMILES string of the molecule is CCc1occc1-c1nc(SCC(=O)O)n(C)n1. The summed E-state index contributed by atoms with van der Waals surface area (Å²) in [7, 11) is 1.74. The first kappa shape index (κ1) is 12.7. The molecule has 0 aliphatic rings. The summed E-state index contributed by atoms with van der Waals surface area (Å²) >= 11 is 1.15. The van der Waals surface area contributed by atoms with Gasteiger partial charge in [-0.05, 0) is 6.07 Å². The van der Waals surface area contributed by atoms with Gasteiger partial charge in [0.1, 0.15) is 5.76 Å². The van der Waals surface area contributed by atoms with Gasteiger partial charge in [-0.15, -0.1) is 0 Å². The lowest BCUT2D eigenvalue weighted by atomic mass is 10.2. The monoisotopic (exact) mass is 267 g/mol. The van der Waals surface area contributed by atoms with Crippen LogP contribution in [0, 0.1) is 0 Å². The minimum Gasteiger partial charge on any atom is -0.481 e. The number of hydrogen-bond acceptors (Lipinski definition) is 5. The summed E-state index contributed by atoms with van der Waals surface area (Å²) < 4.78 is 6.90. The Morgan fingerprint density at radius 2 is 2.39 bits per heavy atom. The van der Waals surface area contributed by atoms with Gasteiger partial charge in [0.15, 0.2) is 11.0 Å². The van der Waals surface area contributed by atoms with Crippen molar-refractivity contribution in [2.24, 2.45) is 7.05 Å². The van der Waals surface area contributed by atoms with E-state index in [4.69, 9.17) is 9.52 Å². The topological polar surface area (TPSA) is 81.1 Å². The molecule has 0 fully saturated rings. The number of hydrogen-bond donors (Lipinski definition) is 1. The highest BCUT2D eigenvalue weighted by Gasteiger charge is 2.15. The highest BCUT2D eigenvalue weighted by Crippen LogP contribution is 2.25. The number of nitrogens with zero attached hydrogens (tertiary/aromatic N) is 3. The molecule has 1 N–H and O–H groups in total. The number of aliphatic carboxylic acids is 1. The quantitative estimate of drug-likeness (QED) is 0.832. The Hall–Kier alpha value is -1.76. The number of furan rings is 1. The molecule has 0 aromatic carbocycles. The van der Waals surface area contributed by atoms with Crippen molar-refractivity contribution in [3.8, 4) is 11.4 Å². The molecule has 0 aliphatic heterocycles. The molecule has 2 aromatic heterocycles. The molecule has 0 saturated heterocycles. The molecule has 7 heteroatoms. The Labute approximate surface area is 108 Å². The van der Waals surface area contributed by atoms with Gasteiger partial charge >= 0.3 is 5.97 Å². The van der Waals surface area contributed by atoms with Crippen LogP contribution in [0.4, 0.5) is 0 Å². The van der Waals surface area contributed by atoms with E-state index in [0.717, 1.165) is 29.5 Å². The summed E-state index contributed by atoms with van der Waals surface area (Å²) in [5.41, 5.74) is 0.857. The smallest absolute Gasteiger partial charge is 0.313 e. The third-order valence-electron chi connectivity index (χ3n) is 2.36. The second-order valence-corrected chi connectivity index (χ2v) is 4.58. The van der Waals surface area contributed by atoms with E-state index in [1.165, 1.54) is 0 Å². The Bertz CT molecular complexity index is 562. The number of thioether (sulfide) groups is 1. The van der Waals surface area contributed by atoms with Gasteiger partial charge in [0.2, 0.25) is 0 Å². The predicted octanol–water partition coefficient (Wildman–Crippen LogP) is 1.81. The van der Waals surface area contributed by atoms with Crippen LogP contribution < -0.4 is 0 Å². The first-order valence-electron chi connectivity index (χ1n) is 5.44. The van der Waals surface area contributed by atoms with Crippen LogP contribution in [0.1, 0.15) is 12.7 Å². The lowest BCUT2D eigenvalue weighted by Crippen LogP contribution is -2.00. The minimum absolute atomic E-state index is 0.0298. The van der Waals surface area contributed by atoms with Gasteiger partial charge in [0, 0.05) is 13.5 Å². The number of carbonyl (C=O) groups is 1. The van der Waals surface area contributed by atoms with Gasteiger partial charge in [-0.1, -0.05) is 18.7 Å². The second kappa shape index (κ2) is 5.26. The van der Waals surface area contributed by atoms with E-state index in [1.807, 2.05) is 13.0 Å². The molecule has 96 valence electrons. The lowest BCUT2D eigenvalue weighted by molar-refractivity contribution is -0.133. The first-order valence-corrected chi connectivity index (χ1v) is 6.42. The van der Waals surface area contributed by atoms with E-state index in [9.17, 15) is 4.79 Å². The molecular formula is C11H13N3O3S. The highest BCUT2D eigenvalue weighted by molar-refractivity contribution is 7.99. The lowest BCUT2D eigenvalue weighted by Gasteiger charge is -1.94. The van der Waals surface area contributed by atoms with Gasteiger partial charge in [-0.25, -0.2) is 9.67 Å². The van der Waals surface area contributed by atoms with Crippen LogP contribution in [0.3, 0.4) is 0 Å². The third kappa shape index (κ3) is 2.56. The van der Waals surface area contributed by atoms with Crippen molar-refractivity contribution in [2.45, 2.75) is 18.5 Å². The molecule has 0 bridgehead atoms. The average Bonchev–Trinajstić information content (AvgIpc) is 2.92. The summed E-state index contributed by atoms with van der Waals surface area (Å²) in [6.07, 6.45) is 2.37. The summed E-state index contributed by atoms with van der Waals surface area (Å²) in [6.45, 7) is 1.99. The zero-order valence-corrected chi connectivity index (χ0v) is 10.9. The molecular weight excluding hydrogens is 254 g/mol. The largest absolute Gasteiger partial charge is 0.481 e. The highest BCUT2D eigenvalue weighted by atomic mass is 32.2. The average molecular weight is 267 g/mol. The van der Waals surface area contributed by atoms with Crippen molar-refractivity contribution in [1.29, 1.82) is 0 Å². The summed E-state index contributed by atoms with van der Waals surface area (Å²) in [4.78, 5) is 14.9. The standard InChI is InChI=1S/C11H13N3O3S/c1-3-8-7(4-5-17-8)10-12-11(14(2)13-10)18-6-9(15)16/h4-5H,3,6H2,1-2H3,(H,15,16).